The van der Waals surface area contributed by atoms with Gasteiger partial charge in [0.05, 0.1) is 11.9 Å². The van der Waals surface area contributed by atoms with Crippen molar-refractivity contribution in [3.63, 3.8) is 0 Å². The van der Waals surface area contributed by atoms with E-state index in [0.717, 1.165) is 11.5 Å². The van der Waals surface area contributed by atoms with Crippen LogP contribution in [0, 0.1) is 6.92 Å². The molecule has 2 heterocycles. The van der Waals surface area contributed by atoms with Crippen LogP contribution in [0.4, 0.5) is 0 Å². The third-order valence-electron chi connectivity index (χ3n) is 1.82. The van der Waals surface area contributed by atoms with Crippen molar-refractivity contribution in [2.75, 3.05) is 0 Å². The second kappa shape index (κ2) is 2.52. The summed E-state index contributed by atoms with van der Waals surface area (Å²) in [6.45, 7) is 1.84. The zero-order valence-electron chi connectivity index (χ0n) is 7.11. The van der Waals surface area contributed by atoms with Gasteiger partial charge in [0.2, 0.25) is 0 Å². The molecule has 62 valence electrons. The molecule has 0 aliphatic heterocycles. The summed E-state index contributed by atoms with van der Waals surface area (Å²) in [5, 5.41) is 0. The highest BCUT2D eigenvalue weighted by molar-refractivity contribution is 5.51. The van der Waals surface area contributed by atoms with Gasteiger partial charge in [-0.3, -0.25) is 0 Å². The maximum Gasteiger partial charge on any atom is 0.191 e. The molecule has 0 atom stereocenters. The molecule has 2 rings (SSSR count). The number of aryl methyl sites for hydroxylation is 2. The Labute approximate surface area is 70.7 Å². The fraction of sp³-hybridized carbons (Fsp3) is 0.222. The van der Waals surface area contributed by atoms with Gasteiger partial charge in [0, 0.05) is 20.2 Å². The molecule has 3 heteroatoms. The summed E-state index contributed by atoms with van der Waals surface area (Å²) in [7, 11) is 1.98. The predicted octanol–water partition coefficient (Wildman–Crippen LogP) is 1.99. The fourth-order valence-electron chi connectivity index (χ4n) is 1.20. The van der Waals surface area contributed by atoms with Gasteiger partial charge < -0.3 is 8.98 Å². The molecule has 0 aliphatic rings. The Kier molecular flexibility index (Phi) is 1.50. The van der Waals surface area contributed by atoms with Crippen LogP contribution in [0.1, 0.15) is 5.89 Å². The highest BCUT2D eigenvalue weighted by Crippen LogP contribution is 2.19. The average Bonchev–Trinajstić information content (AvgIpc) is 2.58. The highest BCUT2D eigenvalue weighted by Gasteiger charge is 2.05. The third-order valence-corrected chi connectivity index (χ3v) is 1.82. The SMILES string of the molecule is Cc1ncc(-c2cccn2C)o1. The molecule has 2 aromatic heterocycles. The Hall–Kier alpha value is -1.51. The van der Waals surface area contributed by atoms with Crippen LogP contribution in [0.3, 0.4) is 0 Å². The third kappa shape index (κ3) is 1.03. The van der Waals surface area contributed by atoms with Gasteiger partial charge in [-0.25, -0.2) is 4.98 Å². The monoisotopic (exact) mass is 162 g/mol. The summed E-state index contributed by atoms with van der Waals surface area (Å²) in [5.41, 5.74) is 1.05. The van der Waals surface area contributed by atoms with Gasteiger partial charge >= 0.3 is 0 Å². The minimum Gasteiger partial charge on any atom is -0.439 e. The van der Waals surface area contributed by atoms with E-state index in [-0.39, 0.29) is 0 Å². The Balaban J connectivity index is 2.50. The van der Waals surface area contributed by atoms with Crippen molar-refractivity contribution in [3.05, 3.63) is 30.4 Å². The van der Waals surface area contributed by atoms with Crippen molar-refractivity contribution >= 4 is 0 Å². The van der Waals surface area contributed by atoms with E-state index >= 15 is 0 Å². The molecule has 0 bridgehead atoms. The normalized spacial score (nSPS) is 10.5. The fourth-order valence-corrected chi connectivity index (χ4v) is 1.20. The lowest BCUT2D eigenvalue weighted by Crippen LogP contribution is -1.86. The van der Waals surface area contributed by atoms with Crippen molar-refractivity contribution in [1.29, 1.82) is 0 Å². The first-order valence-electron chi connectivity index (χ1n) is 3.81. The quantitative estimate of drug-likeness (QED) is 0.642. The first-order valence-corrected chi connectivity index (χ1v) is 3.81. The summed E-state index contributed by atoms with van der Waals surface area (Å²) in [5.74, 6) is 1.52. The van der Waals surface area contributed by atoms with Crippen LogP contribution < -0.4 is 0 Å². The summed E-state index contributed by atoms with van der Waals surface area (Å²) >= 11 is 0. The minimum atomic E-state index is 0.700. The molecule has 0 aromatic carbocycles. The average molecular weight is 162 g/mol. The zero-order chi connectivity index (χ0) is 8.55. The van der Waals surface area contributed by atoms with Gasteiger partial charge in [0.15, 0.2) is 11.7 Å². The first-order chi connectivity index (χ1) is 5.77. The molecule has 0 amide bonds. The van der Waals surface area contributed by atoms with Crippen molar-refractivity contribution in [1.82, 2.24) is 9.55 Å². The molecule has 0 spiro atoms. The van der Waals surface area contributed by atoms with E-state index in [4.69, 9.17) is 4.42 Å². The number of oxazole rings is 1. The van der Waals surface area contributed by atoms with Crippen LogP contribution in [0.2, 0.25) is 0 Å². The summed E-state index contributed by atoms with van der Waals surface area (Å²) < 4.78 is 7.38. The molecule has 3 nitrogen and oxygen atoms in total. The Morgan fingerprint density at radius 3 is 2.83 bits per heavy atom. The van der Waals surface area contributed by atoms with E-state index in [9.17, 15) is 0 Å². The Morgan fingerprint density at radius 2 is 2.33 bits per heavy atom. The Bertz CT molecular complexity index is 387. The zero-order valence-corrected chi connectivity index (χ0v) is 7.11. The number of hydrogen-bond acceptors (Lipinski definition) is 2. The molecular weight excluding hydrogens is 152 g/mol. The standard InChI is InChI=1S/C9H10N2O/c1-7-10-6-9(12-7)8-4-3-5-11(8)2/h3-6H,1-2H3. The van der Waals surface area contributed by atoms with Crippen LogP contribution in [-0.4, -0.2) is 9.55 Å². The molecule has 0 N–H and O–H groups in total. The lowest BCUT2D eigenvalue weighted by atomic mass is 10.3. The maximum atomic E-state index is 5.38. The van der Waals surface area contributed by atoms with Crippen molar-refractivity contribution in [2.45, 2.75) is 6.92 Å². The summed E-state index contributed by atoms with van der Waals surface area (Å²) in [6, 6.07) is 3.98. The van der Waals surface area contributed by atoms with Gasteiger partial charge in [-0.1, -0.05) is 0 Å². The molecule has 0 aliphatic carbocycles. The number of nitrogens with zero attached hydrogens (tertiary/aromatic N) is 2. The second-order valence-electron chi connectivity index (χ2n) is 2.75. The molecule has 12 heavy (non-hydrogen) atoms. The van der Waals surface area contributed by atoms with Crippen LogP contribution >= 0.6 is 0 Å². The lowest BCUT2D eigenvalue weighted by molar-refractivity contribution is 0.530. The van der Waals surface area contributed by atoms with Crippen LogP contribution in [0.25, 0.3) is 11.5 Å². The highest BCUT2D eigenvalue weighted by atomic mass is 16.4. The van der Waals surface area contributed by atoms with Gasteiger partial charge in [0.1, 0.15) is 0 Å². The molecule has 0 radical (unpaired) electrons. The van der Waals surface area contributed by atoms with E-state index in [2.05, 4.69) is 4.98 Å². The van der Waals surface area contributed by atoms with Gasteiger partial charge in [0.25, 0.3) is 0 Å². The summed E-state index contributed by atoms with van der Waals surface area (Å²) in [6.07, 6.45) is 3.72. The van der Waals surface area contributed by atoms with Crippen LogP contribution in [0.15, 0.2) is 28.9 Å². The van der Waals surface area contributed by atoms with Crippen molar-refractivity contribution in [2.24, 2.45) is 7.05 Å². The summed E-state index contributed by atoms with van der Waals surface area (Å²) in [4.78, 5) is 4.03. The van der Waals surface area contributed by atoms with Gasteiger partial charge in [-0.15, -0.1) is 0 Å². The maximum absolute atomic E-state index is 5.38. The largest absolute Gasteiger partial charge is 0.439 e. The predicted molar refractivity (Wildman–Crippen MR) is 45.6 cm³/mol. The van der Waals surface area contributed by atoms with E-state index in [0.29, 0.717) is 5.89 Å². The number of aromatic nitrogens is 2. The molecule has 0 saturated carbocycles. The van der Waals surface area contributed by atoms with Crippen molar-refractivity contribution in [3.8, 4) is 11.5 Å². The lowest BCUT2D eigenvalue weighted by Gasteiger charge is -1.96. The number of rotatable bonds is 1. The molecule has 0 saturated heterocycles. The van der Waals surface area contributed by atoms with E-state index in [1.165, 1.54) is 0 Å². The molecule has 2 aromatic rings. The van der Waals surface area contributed by atoms with E-state index in [1.54, 1.807) is 6.20 Å². The minimum absolute atomic E-state index is 0.700. The van der Waals surface area contributed by atoms with Crippen LogP contribution in [0.5, 0.6) is 0 Å². The second-order valence-corrected chi connectivity index (χ2v) is 2.75. The van der Waals surface area contributed by atoms with E-state index in [1.807, 2.05) is 36.9 Å². The molecule has 0 fully saturated rings. The van der Waals surface area contributed by atoms with Gasteiger partial charge in [-0.05, 0) is 12.1 Å². The van der Waals surface area contributed by atoms with Crippen molar-refractivity contribution < 1.29 is 4.42 Å². The Morgan fingerprint density at radius 1 is 1.50 bits per heavy atom. The smallest absolute Gasteiger partial charge is 0.191 e. The topological polar surface area (TPSA) is 31.0 Å². The number of hydrogen-bond donors (Lipinski definition) is 0. The first kappa shape index (κ1) is 7.16. The van der Waals surface area contributed by atoms with Gasteiger partial charge in [-0.2, -0.15) is 0 Å². The molecule has 0 unspecified atom stereocenters. The van der Waals surface area contributed by atoms with Crippen LogP contribution in [-0.2, 0) is 7.05 Å². The molecular formula is C9H10N2O. The van der Waals surface area contributed by atoms with E-state index < -0.39 is 0 Å².